The van der Waals surface area contributed by atoms with Gasteiger partial charge in [-0.15, -0.1) is 0 Å². The first kappa shape index (κ1) is 16.9. The van der Waals surface area contributed by atoms with E-state index in [1.54, 1.807) is 20.8 Å². The van der Waals surface area contributed by atoms with Crippen LogP contribution in [0.15, 0.2) is 0 Å². The Morgan fingerprint density at radius 2 is 1.76 bits per heavy atom. The smallest absolute Gasteiger partial charge is 0.156 e. The van der Waals surface area contributed by atoms with E-state index in [1.165, 1.54) is 0 Å². The second kappa shape index (κ2) is 6.71. The molecule has 0 bridgehead atoms. The molecule has 5 heteroatoms. The Balaban J connectivity index is 4.22. The number of aliphatic hydroxyl groups excluding tert-OH is 1. The van der Waals surface area contributed by atoms with Crippen LogP contribution < -0.4 is 5.32 Å². The molecule has 0 aromatic carbocycles. The van der Waals surface area contributed by atoms with Crippen molar-refractivity contribution >= 4 is 9.84 Å². The zero-order valence-electron chi connectivity index (χ0n) is 11.7. The van der Waals surface area contributed by atoms with Crippen LogP contribution in [0.2, 0.25) is 0 Å². The minimum Gasteiger partial charge on any atom is -0.396 e. The largest absolute Gasteiger partial charge is 0.396 e. The van der Waals surface area contributed by atoms with E-state index in [9.17, 15) is 8.42 Å². The number of hydrogen-bond donors (Lipinski definition) is 2. The van der Waals surface area contributed by atoms with Crippen molar-refractivity contribution in [3.63, 3.8) is 0 Å². The first-order valence-electron chi connectivity index (χ1n) is 6.18. The highest BCUT2D eigenvalue weighted by Crippen LogP contribution is 2.15. The van der Waals surface area contributed by atoms with Crippen molar-refractivity contribution in [3.05, 3.63) is 0 Å². The lowest BCUT2D eigenvalue weighted by Crippen LogP contribution is -2.40. The Labute approximate surface area is 106 Å². The van der Waals surface area contributed by atoms with Gasteiger partial charge < -0.3 is 10.4 Å². The van der Waals surface area contributed by atoms with E-state index in [1.807, 2.05) is 0 Å². The Kier molecular flexibility index (Phi) is 6.66. The van der Waals surface area contributed by atoms with Crippen molar-refractivity contribution in [2.75, 3.05) is 18.9 Å². The van der Waals surface area contributed by atoms with Gasteiger partial charge in [0, 0.05) is 19.2 Å². The molecule has 0 aromatic rings. The van der Waals surface area contributed by atoms with Crippen molar-refractivity contribution in [2.45, 2.75) is 51.8 Å². The average molecular weight is 265 g/mol. The van der Waals surface area contributed by atoms with Crippen molar-refractivity contribution < 1.29 is 13.5 Å². The summed E-state index contributed by atoms with van der Waals surface area (Å²) < 4.78 is 23.0. The minimum atomic E-state index is -3.06. The number of aliphatic hydroxyl groups is 1. The van der Waals surface area contributed by atoms with E-state index >= 15 is 0 Å². The Bertz CT molecular complexity index is 304. The number of hydrogen-bond acceptors (Lipinski definition) is 4. The Morgan fingerprint density at radius 1 is 1.24 bits per heavy atom. The highest BCUT2D eigenvalue weighted by Gasteiger charge is 2.28. The van der Waals surface area contributed by atoms with Crippen LogP contribution in [-0.4, -0.2) is 43.2 Å². The van der Waals surface area contributed by atoms with Crippen molar-refractivity contribution in [1.82, 2.24) is 5.32 Å². The molecule has 0 aromatic heterocycles. The topological polar surface area (TPSA) is 66.4 Å². The SMILES string of the molecule is CC(C)C(CCO)NCCS(=O)(=O)C(C)(C)C. The van der Waals surface area contributed by atoms with Gasteiger partial charge in [0.1, 0.15) is 0 Å². The van der Waals surface area contributed by atoms with Crippen LogP contribution in [0.5, 0.6) is 0 Å². The molecular formula is C12H27NO3S. The predicted octanol–water partition coefficient (Wildman–Crippen LogP) is 1.20. The highest BCUT2D eigenvalue weighted by atomic mass is 32.2. The van der Waals surface area contributed by atoms with Gasteiger partial charge in [-0.2, -0.15) is 0 Å². The summed E-state index contributed by atoms with van der Waals surface area (Å²) in [6, 6.07) is 0.176. The summed E-state index contributed by atoms with van der Waals surface area (Å²) >= 11 is 0. The lowest BCUT2D eigenvalue weighted by Gasteiger charge is -2.23. The first-order valence-corrected chi connectivity index (χ1v) is 7.83. The summed E-state index contributed by atoms with van der Waals surface area (Å²) in [7, 11) is -3.06. The molecule has 104 valence electrons. The molecule has 0 heterocycles. The first-order chi connectivity index (χ1) is 7.62. The molecule has 0 fully saturated rings. The third-order valence-electron chi connectivity index (χ3n) is 2.96. The average Bonchev–Trinajstić information content (AvgIpc) is 2.14. The fourth-order valence-electron chi connectivity index (χ4n) is 1.50. The molecule has 0 amide bonds. The quantitative estimate of drug-likeness (QED) is 0.726. The molecule has 0 spiro atoms. The van der Waals surface area contributed by atoms with Crippen molar-refractivity contribution in [1.29, 1.82) is 0 Å². The van der Waals surface area contributed by atoms with Crippen LogP contribution in [0.1, 0.15) is 41.0 Å². The second-order valence-corrected chi connectivity index (χ2v) is 8.61. The van der Waals surface area contributed by atoms with Gasteiger partial charge in [0.05, 0.1) is 10.5 Å². The molecule has 4 nitrogen and oxygen atoms in total. The van der Waals surface area contributed by atoms with Gasteiger partial charge in [0.25, 0.3) is 0 Å². The molecular weight excluding hydrogens is 238 g/mol. The van der Waals surface area contributed by atoms with E-state index in [0.717, 1.165) is 0 Å². The van der Waals surface area contributed by atoms with Gasteiger partial charge in [0.2, 0.25) is 0 Å². The zero-order chi connectivity index (χ0) is 13.7. The van der Waals surface area contributed by atoms with Crippen LogP contribution >= 0.6 is 0 Å². The van der Waals surface area contributed by atoms with Crippen LogP contribution in [0.25, 0.3) is 0 Å². The minimum absolute atomic E-state index is 0.127. The predicted molar refractivity (Wildman–Crippen MR) is 71.9 cm³/mol. The number of nitrogens with one attached hydrogen (secondary N) is 1. The van der Waals surface area contributed by atoms with Gasteiger partial charge in [-0.1, -0.05) is 13.8 Å². The fourth-order valence-corrected chi connectivity index (χ4v) is 2.49. The van der Waals surface area contributed by atoms with E-state index in [-0.39, 0.29) is 18.4 Å². The summed E-state index contributed by atoms with van der Waals surface area (Å²) in [6.07, 6.45) is 0.660. The molecule has 1 unspecified atom stereocenters. The fraction of sp³-hybridized carbons (Fsp3) is 1.00. The summed E-state index contributed by atoms with van der Waals surface area (Å²) in [5.41, 5.74) is 0. The third-order valence-corrected chi connectivity index (χ3v) is 5.56. The number of rotatable bonds is 7. The molecule has 0 saturated heterocycles. The lowest BCUT2D eigenvalue weighted by molar-refractivity contribution is 0.246. The van der Waals surface area contributed by atoms with Crippen LogP contribution in [0.3, 0.4) is 0 Å². The molecule has 0 aliphatic carbocycles. The molecule has 1 atom stereocenters. The van der Waals surface area contributed by atoms with E-state index < -0.39 is 14.6 Å². The molecule has 0 saturated carbocycles. The third kappa shape index (κ3) is 5.84. The summed E-state index contributed by atoms with van der Waals surface area (Å²) in [5, 5.41) is 12.1. The molecule has 0 aliphatic heterocycles. The van der Waals surface area contributed by atoms with Gasteiger partial charge in [0.15, 0.2) is 9.84 Å². The van der Waals surface area contributed by atoms with Crippen LogP contribution in [0, 0.1) is 5.92 Å². The van der Waals surface area contributed by atoms with Crippen molar-refractivity contribution in [2.24, 2.45) is 5.92 Å². The molecule has 2 N–H and O–H groups in total. The molecule has 0 aliphatic rings. The normalized spacial score (nSPS) is 15.2. The molecule has 17 heavy (non-hydrogen) atoms. The van der Waals surface area contributed by atoms with Crippen molar-refractivity contribution in [3.8, 4) is 0 Å². The zero-order valence-corrected chi connectivity index (χ0v) is 12.5. The maximum atomic E-state index is 11.9. The second-order valence-electron chi connectivity index (χ2n) is 5.75. The Morgan fingerprint density at radius 3 is 2.12 bits per heavy atom. The van der Waals surface area contributed by atoms with Gasteiger partial charge >= 0.3 is 0 Å². The van der Waals surface area contributed by atoms with Gasteiger partial charge in [-0.3, -0.25) is 0 Å². The monoisotopic (exact) mass is 265 g/mol. The number of sulfone groups is 1. The summed E-state index contributed by atoms with van der Waals surface area (Å²) in [6.45, 7) is 9.85. The van der Waals surface area contributed by atoms with Crippen LogP contribution in [0.4, 0.5) is 0 Å². The van der Waals surface area contributed by atoms with E-state index in [4.69, 9.17) is 5.11 Å². The van der Waals surface area contributed by atoms with Gasteiger partial charge in [-0.05, 0) is 33.1 Å². The van der Waals surface area contributed by atoms with E-state index in [0.29, 0.717) is 18.9 Å². The summed E-state index contributed by atoms with van der Waals surface area (Å²) in [5.74, 6) is 0.532. The maximum Gasteiger partial charge on any atom is 0.156 e. The Hall–Kier alpha value is -0.130. The lowest BCUT2D eigenvalue weighted by atomic mass is 10.0. The summed E-state index contributed by atoms with van der Waals surface area (Å²) in [4.78, 5) is 0. The van der Waals surface area contributed by atoms with Crippen LogP contribution in [-0.2, 0) is 9.84 Å². The van der Waals surface area contributed by atoms with Gasteiger partial charge in [-0.25, -0.2) is 8.42 Å². The highest BCUT2D eigenvalue weighted by molar-refractivity contribution is 7.92. The molecule has 0 radical (unpaired) electrons. The van der Waals surface area contributed by atoms with E-state index in [2.05, 4.69) is 19.2 Å². The standard InChI is InChI=1S/C12H27NO3S/c1-10(2)11(6-8-14)13-7-9-17(15,16)12(3,4)5/h10-11,13-14H,6-9H2,1-5H3. The maximum absolute atomic E-state index is 11.9. The molecule has 0 rings (SSSR count).